The summed E-state index contributed by atoms with van der Waals surface area (Å²) in [4.78, 5) is 17.5. The summed E-state index contributed by atoms with van der Waals surface area (Å²) in [6.07, 6.45) is 1.26. The van der Waals surface area contributed by atoms with Gasteiger partial charge in [0.15, 0.2) is 0 Å². The van der Waals surface area contributed by atoms with Crippen molar-refractivity contribution in [2.45, 2.75) is 25.4 Å². The lowest BCUT2D eigenvalue weighted by molar-refractivity contribution is -0.141. The van der Waals surface area contributed by atoms with E-state index in [4.69, 9.17) is 9.57 Å². The number of carbonyl (C=O) groups is 1. The van der Waals surface area contributed by atoms with Crippen molar-refractivity contribution in [1.29, 1.82) is 0 Å². The van der Waals surface area contributed by atoms with Crippen LogP contribution in [0.4, 0.5) is 0 Å². The number of benzene rings is 1. The third-order valence-electron chi connectivity index (χ3n) is 3.26. The molecule has 1 N–H and O–H groups in total. The first kappa shape index (κ1) is 14.5. The number of hydrogen-bond acceptors (Lipinski definition) is 4. The molecule has 1 aromatic carbocycles. The summed E-state index contributed by atoms with van der Waals surface area (Å²) >= 11 is 0. The van der Waals surface area contributed by atoms with Gasteiger partial charge in [-0.15, -0.1) is 0 Å². The number of oxime groups is 1. The molecule has 0 saturated heterocycles. The first-order valence-electron chi connectivity index (χ1n) is 6.73. The number of ether oxygens (including phenoxy) is 1. The second-order valence-electron chi connectivity index (χ2n) is 5.01. The van der Waals surface area contributed by atoms with Crippen molar-refractivity contribution in [3.63, 3.8) is 0 Å². The van der Waals surface area contributed by atoms with Crippen LogP contribution >= 0.6 is 0 Å². The maximum Gasteiger partial charge on any atom is 0.267 e. The minimum absolute atomic E-state index is 0.136. The van der Waals surface area contributed by atoms with Gasteiger partial charge in [-0.2, -0.15) is 0 Å². The summed E-state index contributed by atoms with van der Waals surface area (Å²) in [6, 6.07) is 9.76. The summed E-state index contributed by atoms with van der Waals surface area (Å²) in [7, 11) is 1.64. The van der Waals surface area contributed by atoms with Gasteiger partial charge in [-0.3, -0.25) is 4.79 Å². The van der Waals surface area contributed by atoms with E-state index in [0.717, 1.165) is 17.7 Å². The molecule has 1 heterocycles. The van der Waals surface area contributed by atoms with Gasteiger partial charge < -0.3 is 14.9 Å². The van der Waals surface area contributed by atoms with Gasteiger partial charge in [0, 0.05) is 26.7 Å². The Labute approximate surface area is 118 Å². The second kappa shape index (κ2) is 6.52. The van der Waals surface area contributed by atoms with Gasteiger partial charge in [-0.1, -0.05) is 35.5 Å². The summed E-state index contributed by atoms with van der Waals surface area (Å²) in [5, 5.41) is 6.91. The maximum atomic E-state index is 12.2. The Morgan fingerprint density at radius 1 is 1.45 bits per heavy atom. The molecule has 2 rings (SSSR count). The lowest BCUT2D eigenvalue weighted by Gasteiger charge is -2.20. The van der Waals surface area contributed by atoms with Gasteiger partial charge in [0.1, 0.15) is 0 Å². The van der Waals surface area contributed by atoms with Crippen LogP contribution in [0.15, 0.2) is 35.5 Å². The van der Waals surface area contributed by atoms with Crippen molar-refractivity contribution in [3.05, 3.63) is 35.9 Å². The molecule has 5 nitrogen and oxygen atoms in total. The Kier molecular flexibility index (Phi) is 4.74. The van der Waals surface area contributed by atoms with Gasteiger partial charge in [-0.25, -0.2) is 0 Å². The molecule has 108 valence electrons. The Balaban J connectivity index is 1.90. The predicted octanol–water partition coefficient (Wildman–Crippen LogP) is 1.72. The third-order valence-corrected chi connectivity index (χ3v) is 3.26. The predicted molar refractivity (Wildman–Crippen MR) is 76.6 cm³/mol. The zero-order chi connectivity index (χ0) is 14.4. The zero-order valence-corrected chi connectivity index (χ0v) is 11.9. The van der Waals surface area contributed by atoms with E-state index < -0.39 is 5.60 Å². The van der Waals surface area contributed by atoms with Crippen LogP contribution in [-0.4, -0.2) is 37.5 Å². The van der Waals surface area contributed by atoms with Crippen molar-refractivity contribution in [3.8, 4) is 0 Å². The highest BCUT2D eigenvalue weighted by atomic mass is 16.7. The van der Waals surface area contributed by atoms with Crippen LogP contribution in [0, 0.1) is 0 Å². The summed E-state index contributed by atoms with van der Waals surface area (Å²) < 4.78 is 4.94. The van der Waals surface area contributed by atoms with Gasteiger partial charge in [0.25, 0.3) is 5.91 Å². The molecule has 0 spiro atoms. The second-order valence-corrected chi connectivity index (χ2v) is 5.01. The normalized spacial score (nSPS) is 21.2. The van der Waals surface area contributed by atoms with Crippen molar-refractivity contribution >= 4 is 11.6 Å². The fraction of sp³-hybridized carbons (Fsp3) is 0.467. The molecule has 0 aliphatic carbocycles. The quantitative estimate of drug-likeness (QED) is 0.805. The number of nitrogens with zero attached hydrogens (tertiary/aromatic N) is 1. The lowest BCUT2D eigenvalue weighted by Crippen LogP contribution is -2.45. The van der Waals surface area contributed by atoms with Crippen LogP contribution in [0.2, 0.25) is 0 Å². The molecule has 1 aliphatic rings. The topological polar surface area (TPSA) is 59.9 Å². The molecule has 0 saturated carbocycles. The molecule has 1 amide bonds. The van der Waals surface area contributed by atoms with E-state index in [1.165, 1.54) is 0 Å². The molecular weight excluding hydrogens is 256 g/mol. The largest absolute Gasteiger partial charge is 0.385 e. The molecule has 0 bridgehead atoms. The Morgan fingerprint density at radius 3 is 2.90 bits per heavy atom. The molecule has 0 aromatic heterocycles. The van der Waals surface area contributed by atoms with Crippen LogP contribution in [-0.2, 0) is 14.4 Å². The van der Waals surface area contributed by atoms with E-state index in [9.17, 15) is 4.79 Å². The molecule has 1 aromatic rings. The number of amides is 1. The van der Waals surface area contributed by atoms with Crippen molar-refractivity contribution in [1.82, 2.24) is 5.32 Å². The number of methoxy groups -OCH3 is 1. The van der Waals surface area contributed by atoms with Crippen LogP contribution < -0.4 is 5.32 Å². The van der Waals surface area contributed by atoms with E-state index in [2.05, 4.69) is 10.5 Å². The Bertz CT molecular complexity index is 487. The Morgan fingerprint density at radius 2 is 2.20 bits per heavy atom. The lowest BCUT2D eigenvalue weighted by atomic mass is 9.95. The number of hydrogen-bond donors (Lipinski definition) is 1. The molecule has 1 aliphatic heterocycles. The van der Waals surface area contributed by atoms with Gasteiger partial charge in [0.05, 0.1) is 5.71 Å². The fourth-order valence-corrected chi connectivity index (χ4v) is 2.05. The van der Waals surface area contributed by atoms with E-state index in [1.54, 1.807) is 14.0 Å². The third kappa shape index (κ3) is 3.36. The van der Waals surface area contributed by atoms with E-state index in [0.29, 0.717) is 19.6 Å². The standard InChI is InChI=1S/C15H20N2O3/c1-15(14(18)16-9-6-10-19-2)11-13(17-20-15)12-7-4-3-5-8-12/h3-5,7-8H,6,9-11H2,1-2H3,(H,16,18). The molecule has 1 atom stereocenters. The molecule has 0 radical (unpaired) electrons. The smallest absolute Gasteiger partial charge is 0.267 e. The molecule has 0 fully saturated rings. The average molecular weight is 276 g/mol. The maximum absolute atomic E-state index is 12.2. The van der Waals surface area contributed by atoms with Crippen LogP contribution in [0.5, 0.6) is 0 Å². The van der Waals surface area contributed by atoms with E-state index in [1.807, 2.05) is 30.3 Å². The molecular formula is C15H20N2O3. The zero-order valence-electron chi connectivity index (χ0n) is 11.9. The molecule has 20 heavy (non-hydrogen) atoms. The van der Waals surface area contributed by atoms with E-state index in [-0.39, 0.29) is 5.91 Å². The first-order chi connectivity index (χ1) is 9.65. The number of rotatable bonds is 6. The van der Waals surface area contributed by atoms with Gasteiger partial charge in [0.2, 0.25) is 5.60 Å². The minimum Gasteiger partial charge on any atom is -0.385 e. The molecule has 1 unspecified atom stereocenters. The number of carbonyl (C=O) groups excluding carboxylic acids is 1. The van der Waals surface area contributed by atoms with Crippen LogP contribution in [0.1, 0.15) is 25.3 Å². The van der Waals surface area contributed by atoms with Gasteiger partial charge in [-0.05, 0) is 18.9 Å². The average Bonchev–Trinajstić information content (AvgIpc) is 2.88. The first-order valence-corrected chi connectivity index (χ1v) is 6.73. The SMILES string of the molecule is COCCCNC(=O)C1(C)CC(c2ccccc2)=NO1. The van der Waals surface area contributed by atoms with E-state index >= 15 is 0 Å². The van der Waals surface area contributed by atoms with Crippen molar-refractivity contribution < 1.29 is 14.4 Å². The minimum atomic E-state index is -0.918. The summed E-state index contributed by atoms with van der Waals surface area (Å²) in [5.41, 5.74) is 0.877. The summed E-state index contributed by atoms with van der Waals surface area (Å²) in [6.45, 7) is 2.97. The van der Waals surface area contributed by atoms with Gasteiger partial charge >= 0.3 is 0 Å². The van der Waals surface area contributed by atoms with Crippen molar-refractivity contribution in [2.24, 2.45) is 5.16 Å². The highest BCUT2D eigenvalue weighted by Crippen LogP contribution is 2.26. The highest BCUT2D eigenvalue weighted by molar-refractivity contribution is 6.05. The molecule has 5 heteroatoms. The number of nitrogens with one attached hydrogen (secondary N) is 1. The summed E-state index contributed by atoms with van der Waals surface area (Å²) in [5.74, 6) is -0.136. The van der Waals surface area contributed by atoms with Crippen molar-refractivity contribution in [2.75, 3.05) is 20.3 Å². The van der Waals surface area contributed by atoms with Crippen LogP contribution in [0.25, 0.3) is 0 Å². The fourth-order valence-electron chi connectivity index (χ4n) is 2.05. The Hall–Kier alpha value is -1.88. The van der Waals surface area contributed by atoms with Crippen LogP contribution in [0.3, 0.4) is 0 Å². The monoisotopic (exact) mass is 276 g/mol. The highest BCUT2D eigenvalue weighted by Gasteiger charge is 2.41.